The molecule has 1 saturated carbocycles. The van der Waals surface area contributed by atoms with Crippen molar-refractivity contribution in [1.82, 2.24) is 0 Å². The molecule has 0 saturated heterocycles. The van der Waals surface area contributed by atoms with E-state index in [2.05, 4.69) is 0 Å². The van der Waals surface area contributed by atoms with Crippen LogP contribution in [0.15, 0.2) is 0 Å². The number of carbonyl (C=O) groups excluding carboxylic acids is 1. The van der Waals surface area contributed by atoms with Gasteiger partial charge in [0.1, 0.15) is 11.5 Å². The fourth-order valence-corrected chi connectivity index (χ4v) is 1.78. The van der Waals surface area contributed by atoms with Crippen molar-refractivity contribution in [3.05, 3.63) is 0 Å². The molecule has 0 aromatic carbocycles. The Balaban J connectivity index is 2.81. The van der Waals surface area contributed by atoms with Crippen LogP contribution in [0.2, 0.25) is 0 Å². The van der Waals surface area contributed by atoms with Crippen LogP contribution in [0.5, 0.6) is 0 Å². The minimum Gasteiger partial charge on any atom is -0.373 e. The summed E-state index contributed by atoms with van der Waals surface area (Å²) in [4.78, 5) is 11.3. The van der Waals surface area contributed by atoms with E-state index in [-0.39, 0.29) is 5.78 Å². The maximum Gasteiger partial charge on any atom is 0.259 e. The molecule has 12 heavy (non-hydrogen) atoms. The number of methoxy groups -OCH3 is 3. The Labute approximate surface area is 75.7 Å². The zero-order valence-electron chi connectivity index (χ0n) is 7.17. The molecule has 0 radical (unpaired) electrons. The van der Waals surface area contributed by atoms with E-state index in [1.54, 1.807) is 0 Å². The molecule has 1 rings (SSSR count). The van der Waals surface area contributed by atoms with Crippen molar-refractivity contribution in [2.45, 2.75) is 17.3 Å². The molecule has 0 amide bonds. The number of hydrogen-bond donors (Lipinski definition) is 0. The van der Waals surface area contributed by atoms with Crippen molar-refractivity contribution < 1.29 is 19.0 Å². The van der Waals surface area contributed by atoms with Gasteiger partial charge in [0, 0.05) is 21.3 Å². The molecule has 0 spiro atoms. The van der Waals surface area contributed by atoms with Gasteiger partial charge in [0.25, 0.3) is 5.79 Å². The second kappa shape index (κ2) is 3.30. The van der Waals surface area contributed by atoms with Gasteiger partial charge < -0.3 is 14.2 Å². The molecule has 2 unspecified atom stereocenters. The zero-order chi connectivity index (χ0) is 9.35. The average molecular weight is 195 g/mol. The first-order chi connectivity index (χ1) is 5.64. The Hall–Kier alpha value is -0.160. The van der Waals surface area contributed by atoms with Crippen molar-refractivity contribution >= 4 is 17.4 Å². The van der Waals surface area contributed by atoms with Crippen molar-refractivity contribution in [2.24, 2.45) is 0 Å². The molecule has 1 fully saturated rings. The van der Waals surface area contributed by atoms with Crippen molar-refractivity contribution in [2.75, 3.05) is 21.3 Å². The number of carbonyl (C=O) groups is 1. The third kappa shape index (κ3) is 0.992. The summed E-state index contributed by atoms with van der Waals surface area (Å²) in [5, 5.41) is -0.671. The predicted molar refractivity (Wildman–Crippen MR) is 42.2 cm³/mol. The lowest BCUT2D eigenvalue weighted by molar-refractivity contribution is -0.276. The average Bonchev–Trinajstić information content (AvgIpc) is 2.12. The summed E-state index contributed by atoms with van der Waals surface area (Å²) in [5.41, 5.74) is 0. The van der Waals surface area contributed by atoms with Gasteiger partial charge in [-0.05, 0) is 0 Å². The molecular formula is C7H11ClO4. The number of hydrogen-bond acceptors (Lipinski definition) is 4. The minimum absolute atomic E-state index is 0.291. The highest BCUT2D eigenvalue weighted by atomic mass is 35.5. The van der Waals surface area contributed by atoms with Gasteiger partial charge in [0.05, 0.1) is 0 Å². The van der Waals surface area contributed by atoms with Crippen LogP contribution in [0.25, 0.3) is 0 Å². The van der Waals surface area contributed by atoms with Gasteiger partial charge in [-0.1, -0.05) is 0 Å². The molecule has 70 valence electrons. The lowest BCUT2D eigenvalue weighted by Gasteiger charge is -2.46. The number of alkyl halides is 1. The first-order valence-corrected chi connectivity index (χ1v) is 3.89. The topological polar surface area (TPSA) is 44.8 Å². The van der Waals surface area contributed by atoms with Crippen LogP contribution in [-0.2, 0) is 19.0 Å². The van der Waals surface area contributed by atoms with Gasteiger partial charge in [-0.25, -0.2) is 0 Å². The van der Waals surface area contributed by atoms with Gasteiger partial charge in [0.2, 0.25) is 5.78 Å². The van der Waals surface area contributed by atoms with Gasteiger partial charge in [-0.15, -0.1) is 11.6 Å². The minimum atomic E-state index is -1.29. The SMILES string of the molecule is COC1C(Cl)C(=O)C1(OC)OC. The maximum absolute atomic E-state index is 11.3. The van der Waals surface area contributed by atoms with E-state index >= 15 is 0 Å². The van der Waals surface area contributed by atoms with Crippen LogP contribution in [0.3, 0.4) is 0 Å². The number of ketones is 1. The summed E-state index contributed by atoms with van der Waals surface area (Å²) < 4.78 is 14.8. The monoisotopic (exact) mass is 194 g/mol. The molecule has 0 heterocycles. The fourth-order valence-electron chi connectivity index (χ4n) is 1.36. The van der Waals surface area contributed by atoms with Crippen LogP contribution in [0, 0.1) is 0 Å². The van der Waals surface area contributed by atoms with Crippen LogP contribution in [0.1, 0.15) is 0 Å². The van der Waals surface area contributed by atoms with E-state index in [0.717, 1.165) is 0 Å². The predicted octanol–water partition coefficient (Wildman–Crippen LogP) is 0.181. The van der Waals surface area contributed by atoms with E-state index in [0.29, 0.717) is 0 Å². The van der Waals surface area contributed by atoms with Gasteiger partial charge >= 0.3 is 0 Å². The lowest BCUT2D eigenvalue weighted by atomic mass is 9.84. The Morgan fingerprint density at radius 3 is 2.08 bits per heavy atom. The molecule has 0 aromatic heterocycles. The molecule has 0 bridgehead atoms. The largest absolute Gasteiger partial charge is 0.373 e. The van der Waals surface area contributed by atoms with Crippen molar-refractivity contribution in [1.29, 1.82) is 0 Å². The molecule has 1 aliphatic carbocycles. The highest BCUT2D eigenvalue weighted by Gasteiger charge is 2.64. The Morgan fingerprint density at radius 2 is 1.83 bits per heavy atom. The van der Waals surface area contributed by atoms with Gasteiger partial charge in [-0.3, -0.25) is 4.79 Å². The summed E-state index contributed by atoms with van der Waals surface area (Å²) in [6.45, 7) is 0. The second-order valence-corrected chi connectivity index (χ2v) is 2.97. The first-order valence-electron chi connectivity index (χ1n) is 3.45. The highest BCUT2D eigenvalue weighted by molar-refractivity contribution is 6.36. The molecule has 1 aliphatic rings. The Kier molecular flexibility index (Phi) is 2.73. The van der Waals surface area contributed by atoms with Gasteiger partial charge in [-0.2, -0.15) is 0 Å². The third-order valence-electron chi connectivity index (χ3n) is 2.09. The standard InChI is InChI=1S/C7H11ClO4/c1-10-6-4(8)5(9)7(6,11-2)12-3/h4,6H,1-3H3. The summed E-state index contributed by atoms with van der Waals surface area (Å²) in [7, 11) is 4.23. The van der Waals surface area contributed by atoms with E-state index in [4.69, 9.17) is 25.8 Å². The number of halogens is 1. The Bertz CT molecular complexity index is 190. The smallest absolute Gasteiger partial charge is 0.259 e. The van der Waals surface area contributed by atoms with E-state index < -0.39 is 17.3 Å². The lowest BCUT2D eigenvalue weighted by Crippen LogP contribution is -2.71. The normalized spacial score (nSPS) is 33.2. The number of Topliss-reactive ketones (excluding diaryl/α,β-unsaturated/α-hetero) is 1. The Morgan fingerprint density at radius 1 is 1.33 bits per heavy atom. The summed E-state index contributed by atoms with van der Waals surface area (Å²) >= 11 is 5.67. The quantitative estimate of drug-likeness (QED) is 0.475. The van der Waals surface area contributed by atoms with E-state index in [9.17, 15) is 4.79 Å². The van der Waals surface area contributed by atoms with Crippen LogP contribution < -0.4 is 0 Å². The summed E-state index contributed by atoms with van der Waals surface area (Å²) in [6.07, 6.45) is -0.526. The zero-order valence-corrected chi connectivity index (χ0v) is 7.92. The van der Waals surface area contributed by atoms with Crippen molar-refractivity contribution in [3.8, 4) is 0 Å². The van der Waals surface area contributed by atoms with Crippen LogP contribution in [0.4, 0.5) is 0 Å². The van der Waals surface area contributed by atoms with E-state index in [1.807, 2.05) is 0 Å². The molecule has 4 nitrogen and oxygen atoms in total. The molecule has 2 atom stereocenters. The second-order valence-electron chi connectivity index (χ2n) is 2.50. The molecule has 0 aliphatic heterocycles. The molecule has 0 aromatic rings. The number of ether oxygens (including phenoxy) is 3. The highest BCUT2D eigenvalue weighted by Crippen LogP contribution is 2.38. The van der Waals surface area contributed by atoms with Crippen LogP contribution >= 0.6 is 11.6 Å². The van der Waals surface area contributed by atoms with E-state index in [1.165, 1.54) is 21.3 Å². The number of rotatable bonds is 3. The summed E-state index contributed by atoms with van der Waals surface area (Å²) in [5.74, 6) is -1.58. The third-order valence-corrected chi connectivity index (χ3v) is 2.52. The maximum atomic E-state index is 11.3. The molecule has 5 heteroatoms. The van der Waals surface area contributed by atoms with Crippen LogP contribution in [-0.4, -0.2) is 44.4 Å². The molecular weight excluding hydrogens is 184 g/mol. The summed E-state index contributed by atoms with van der Waals surface area (Å²) in [6, 6.07) is 0. The fraction of sp³-hybridized carbons (Fsp3) is 0.857. The van der Waals surface area contributed by atoms with Crippen molar-refractivity contribution in [3.63, 3.8) is 0 Å². The molecule has 0 N–H and O–H groups in total. The first kappa shape index (κ1) is 9.92. The van der Waals surface area contributed by atoms with Gasteiger partial charge in [0.15, 0.2) is 0 Å².